The van der Waals surface area contributed by atoms with Gasteiger partial charge in [0.25, 0.3) is 0 Å². The molecule has 2 atom stereocenters. The van der Waals surface area contributed by atoms with E-state index in [-0.39, 0.29) is 0 Å². The standard InChI is InChI=1S/C12H21N3OS/c1-3-10-9(6-8-16-10)12-15-14-11(17-12)5-7-13-4-2/h9-10,13H,3-8H2,1-2H3. The van der Waals surface area contributed by atoms with E-state index in [4.69, 9.17) is 4.74 Å². The molecule has 1 N–H and O–H groups in total. The number of hydrogen-bond donors (Lipinski definition) is 1. The van der Waals surface area contributed by atoms with Gasteiger partial charge in [-0.2, -0.15) is 0 Å². The number of nitrogens with zero attached hydrogens (tertiary/aromatic N) is 2. The molecule has 0 saturated carbocycles. The summed E-state index contributed by atoms with van der Waals surface area (Å²) in [6.45, 7) is 7.17. The third-order valence-electron chi connectivity index (χ3n) is 3.18. The van der Waals surface area contributed by atoms with Crippen molar-refractivity contribution in [3.63, 3.8) is 0 Å². The summed E-state index contributed by atoms with van der Waals surface area (Å²) in [6, 6.07) is 0. The lowest BCUT2D eigenvalue weighted by Gasteiger charge is -2.12. The second kappa shape index (κ2) is 6.42. The van der Waals surface area contributed by atoms with Crippen molar-refractivity contribution in [2.75, 3.05) is 19.7 Å². The first-order chi connectivity index (χ1) is 8.35. The highest BCUT2D eigenvalue weighted by Gasteiger charge is 2.30. The van der Waals surface area contributed by atoms with Gasteiger partial charge in [0.15, 0.2) is 0 Å². The average molecular weight is 255 g/mol. The molecular weight excluding hydrogens is 234 g/mol. The number of aromatic nitrogens is 2. The van der Waals surface area contributed by atoms with E-state index >= 15 is 0 Å². The van der Waals surface area contributed by atoms with E-state index < -0.39 is 0 Å². The predicted molar refractivity (Wildman–Crippen MR) is 69.5 cm³/mol. The van der Waals surface area contributed by atoms with Gasteiger partial charge in [0.2, 0.25) is 0 Å². The fourth-order valence-corrected chi connectivity index (χ4v) is 3.25. The zero-order valence-electron chi connectivity index (χ0n) is 10.6. The lowest BCUT2D eigenvalue weighted by atomic mass is 10.0. The molecule has 1 fully saturated rings. The second-order valence-electron chi connectivity index (χ2n) is 4.35. The van der Waals surface area contributed by atoms with Gasteiger partial charge in [-0.1, -0.05) is 13.8 Å². The van der Waals surface area contributed by atoms with Gasteiger partial charge in [-0.3, -0.25) is 0 Å². The second-order valence-corrected chi connectivity index (χ2v) is 5.44. The summed E-state index contributed by atoms with van der Waals surface area (Å²) in [4.78, 5) is 0. The van der Waals surface area contributed by atoms with Crippen molar-refractivity contribution in [2.45, 2.75) is 45.1 Å². The number of nitrogens with one attached hydrogen (secondary N) is 1. The van der Waals surface area contributed by atoms with Crippen molar-refractivity contribution in [1.82, 2.24) is 15.5 Å². The average Bonchev–Trinajstić information content (AvgIpc) is 2.96. The molecule has 2 unspecified atom stereocenters. The Bertz CT molecular complexity index is 342. The van der Waals surface area contributed by atoms with Crippen LogP contribution in [0.2, 0.25) is 0 Å². The molecule has 0 spiro atoms. The smallest absolute Gasteiger partial charge is 0.123 e. The normalized spacial score (nSPS) is 24.4. The van der Waals surface area contributed by atoms with Crippen LogP contribution in [0, 0.1) is 0 Å². The Morgan fingerprint density at radius 2 is 2.29 bits per heavy atom. The van der Waals surface area contributed by atoms with Gasteiger partial charge in [-0.05, 0) is 19.4 Å². The highest BCUT2D eigenvalue weighted by atomic mass is 32.1. The van der Waals surface area contributed by atoms with E-state index in [1.54, 1.807) is 11.3 Å². The first kappa shape index (κ1) is 12.9. The van der Waals surface area contributed by atoms with Gasteiger partial charge in [0, 0.05) is 25.5 Å². The Morgan fingerprint density at radius 3 is 3.06 bits per heavy atom. The quantitative estimate of drug-likeness (QED) is 0.790. The maximum atomic E-state index is 5.70. The highest BCUT2D eigenvalue weighted by Crippen LogP contribution is 2.34. The zero-order chi connectivity index (χ0) is 12.1. The van der Waals surface area contributed by atoms with Crippen LogP contribution in [0.5, 0.6) is 0 Å². The van der Waals surface area contributed by atoms with Crippen LogP contribution in [0.1, 0.15) is 42.6 Å². The molecule has 1 aliphatic heterocycles. The van der Waals surface area contributed by atoms with Crippen molar-refractivity contribution < 1.29 is 4.74 Å². The minimum Gasteiger partial charge on any atom is -0.377 e. The molecule has 17 heavy (non-hydrogen) atoms. The summed E-state index contributed by atoms with van der Waals surface area (Å²) >= 11 is 1.76. The van der Waals surface area contributed by atoms with Gasteiger partial charge in [-0.25, -0.2) is 0 Å². The molecule has 1 aromatic rings. The lowest BCUT2D eigenvalue weighted by molar-refractivity contribution is 0.100. The third kappa shape index (κ3) is 3.24. The van der Waals surface area contributed by atoms with Crippen LogP contribution in [0.3, 0.4) is 0 Å². The molecule has 2 rings (SSSR count). The molecular formula is C12H21N3OS. The van der Waals surface area contributed by atoms with Crippen molar-refractivity contribution in [2.24, 2.45) is 0 Å². The molecule has 2 heterocycles. The van der Waals surface area contributed by atoms with Crippen molar-refractivity contribution in [3.8, 4) is 0 Å². The largest absolute Gasteiger partial charge is 0.377 e. The monoisotopic (exact) mass is 255 g/mol. The molecule has 0 radical (unpaired) electrons. The maximum Gasteiger partial charge on any atom is 0.123 e. The van der Waals surface area contributed by atoms with E-state index in [9.17, 15) is 0 Å². The first-order valence-corrected chi connectivity index (χ1v) is 7.31. The summed E-state index contributed by atoms with van der Waals surface area (Å²) in [7, 11) is 0. The van der Waals surface area contributed by atoms with E-state index in [1.807, 2.05) is 0 Å². The molecule has 96 valence electrons. The van der Waals surface area contributed by atoms with E-state index in [1.165, 1.54) is 5.01 Å². The topological polar surface area (TPSA) is 47.0 Å². The Kier molecular flexibility index (Phi) is 4.88. The minimum atomic E-state index is 0.351. The van der Waals surface area contributed by atoms with Gasteiger partial charge in [0.05, 0.1) is 6.10 Å². The van der Waals surface area contributed by atoms with Gasteiger partial charge in [0.1, 0.15) is 10.0 Å². The fraction of sp³-hybridized carbons (Fsp3) is 0.833. The van der Waals surface area contributed by atoms with Crippen molar-refractivity contribution in [1.29, 1.82) is 0 Å². The SMILES string of the molecule is CCNCCc1nnc(C2CCOC2CC)s1. The van der Waals surface area contributed by atoms with Crippen LogP contribution in [0.25, 0.3) is 0 Å². The van der Waals surface area contributed by atoms with Gasteiger partial charge < -0.3 is 10.1 Å². The van der Waals surface area contributed by atoms with Crippen LogP contribution in [0.15, 0.2) is 0 Å². The summed E-state index contributed by atoms with van der Waals surface area (Å²) in [6.07, 6.45) is 3.50. The van der Waals surface area contributed by atoms with Crippen LogP contribution in [-0.4, -0.2) is 36.0 Å². The molecule has 0 bridgehead atoms. The Labute approximate surface area is 107 Å². The Hall–Kier alpha value is -0.520. The van der Waals surface area contributed by atoms with Crippen molar-refractivity contribution in [3.05, 3.63) is 10.0 Å². The predicted octanol–water partition coefficient (Wildman–Crippen LogP) is 1.97. The molecule has 5 heteroatoms. The molecule has 1 saturated heterocycles. The van der Waals surface area contributed by atoms with E-state index in [0.717, 1.165) is 44.0 Å². The van der Waals surface area contributed by atoms with Gasteiger partial charge >= 0.3 is 0 Å². The fourth-order valence-electron chi connectivity index (χ4n) is 2.22. The van der Waals surface area contributed by atoms with Crippen molar-refractivity contribution >= 4 is 11.3 Å². The van der Waals surface area contributed by atoms with Crippen LogP contribution in [-0.2, 0) is 11.2 Å². The molecule has 1 aliphatic rings. The molecule has 0 amide bonds. The molecule has 4 nitrogen and oxygen atoms in total. The number of likely N-dealkylation sites (N-methyl/N-ethyl adjacent to an activating group) is 1. The molecule has 0 aromatic carbocycles. The number of rotatable bonds is 6. The zero-order valence-corrected chi connectivity index (χ0v) is 11.4. The Morgan fingerprint density at radius 1 is 1.41 bits per heavy atom. The van der Waals surface area contributed by atoms with E-state index in [2.05, 4.69) is 29.4 Å². The summed E-state index contributed by atoms with van der Waals surface area (Å²) in [5, 5.41) is 14.2. The van der Waals surface area contributed by atoms with Crippen LogP contribution < -0.4 is 5.32 Å². The molecule has 0 aliphatic carbocycles. The summed E-state index contributed by atoms with van der Waals surface area (Å²) in [5.74, 6) is 0.477. The summed E-state index contributed by atoms with van der Waals surface area (Å²) < 4.78 is 5.70. The lowest BCUT2D eigenvalue weighted by Crippen LogP contribution is -2.15. The Balaban J connectivity index is 1.93. The first-order valence-electron chi connectivity index (χ1n) is 6.49. The third-order valence-corrected chi connectivity index (χ3v) is 4.29. The summed E-state index contributed by atoms with van der Waals surface area (Å²) in [5.41, 5.74) is 0. The minimum absolute atomic E-state index is 0.351. The number of ether oxygens (including phenoxy) is 1. The number of hydrogen-bond acceptors (Lipinski definition) is 5. The van der Waals surface area contributed by atoms with E-state index in [0.29, 0.717) is 12.0 Å². The van der Waals surface area contributed by atoms with Crippen LogP contribution >= 0.6 is 11.3 Å². The van der Waals surface area contributed by atoms with Crippen LogP contribution in [0.4, 0.5) is 0 Å². The molecule has 1 aromatic heterocycles. The maximum absolute atomic E-state index is 5.70. The highest BCUT2D eigenvalue weighted by molar-refractivity contribution is 7.11. The van der Waals surface area contributed by atoms with Gasteiger partial charge in [-0.15, -0.1) is 21.5 Å².